The van der Waals surface area contributed by atoms with Crippen LogP contribution >= 0.6 is 11.6 Å². The van der Waals surface area contributed by atoms with Gasteiger partial charge in [-0.1, -0.05) is 11.6 Å². The van der Waals surface area contributed by atoms with E-state index in [1.165, 1.54) is 0 Å². The molecule has 0 aliphatic heterocycles. The third-order valence-electron chi connectivity index (χ3n) is 3.64. The summed E-state index contributed by atoms with van der Waals surface area (Å²) in [5, 5.41) is 9.02. The van der Waals surface area contributed by atoms with Gasteiger partial charge in [-0.15, -0.1) is 0 Å². The van der Waals surface area contributed by atoms with Gasteiger partial charge < -0.3 is 9.15 Å². The van der Waals surface area contributed by atoms with Gasteiger partial charge in [0.1, 0.15) is 11.3 Å². The van der Waals surface area contributed by atoms with Crippen molar-refractivity contribution in [2.24, 2.45) is 0 Å². The van der Waals surface area contributed by atoms with Gasteiger partial charge in [-0.25, -0.2) is 10.5 Å². The van der Waals surface area contributed by atoms with Crippen molar-refractivity contribution in [3.8, 4) is 17.2 Å². The van der Waals surface area contributed by atoms with E-state index >= 15 is 0 Å². The predicted molar refractivity (Wildman–Crippen MR) is 93.7 cm³/mol. The maximum absolute atomic E-state index is 10.9. The van der Waals surface area contributed by atoms with Gasteiger partial charge in [0.15, 0.2) is 5.58 Å². The number of nitrogens with zero attached hydrogens (tertiary/aromatic N) is 1. The highest BCUT2D eigenvalue weighted by molar-refractivity contribution is 6.31. The lowest BCUT2D eigenvalue weighted by Crippen LogP contribution is -2.18. The van der Waals surface area contributed by atoms with Crippen LogP contribution < -0.4 is 10.2 Å². The van der Waals surface area contributed by atoms with Crippen LogP contribution in [0.15, 0.2) is 46.9 Å². The summed E-state index contributed by atoms with van der Waals surface area (Å²) < 4.78 is 11.4. The van der Waals surface area contributed by atoms with Crippen LogP contribution in [0.4, 0.5) is 0 Å². The normalized spacial score (nSPS) is 10.8. The van der Waals surface area contributed by atoms with E-state index in [1.54, 1.807) is 23.7 Å². The van der Waals surface area contributed by atoms with Gasteiger partial charge in [0.25, 0.3) is 0 Å². The second-order valence-electron chi connectivity index (χ2n) is 5.50. The Balaban J connectivity index is 1.57. The van der Waals surface area contributed by atoms with Crippen LogP contribution in [0.2, 0.25) is 5.02 Å². The summed E-state index contributed by atoms with van der Waals surface area (Å²) in [5.41, 5.74) is 3.86. The molecular weight excluding hydrogens is 344 g/mol. The molecule has 0 aliphatic carbocycles. The Bertz CT molecular complexity index is 861. The zero-order valence-corrected chi connectivity index (χ0v) is 14.1. The number of amides is 1. The minimum Gasteiger partial charge on any atom is -0.494 e. The Labute approximate surface area is 149 Å². The molecule has 25 heavy (non-hydrogen) atoms. The van der Waals surface area contributed by atoms with Gasteiger partial charge in [0.2, 0.25) is 11.8 Å². The maximum atomic E-state index is 10.9. The molecule has 2 aromatic carbocycles. The van der Waals surface area contributed by atoms with Gasteiger partial charge in [-0.3, -0.25) is 10.0 Å². The monoisotopic (exact) mass is 360 g/mol. The van der Waals surface area contributed by atoms with Crippen molar-refractivity contribution in [3.05, 3.63) is 47.5 Å². The number of fused-ring (bicyclic) bond motifs is 1. The van der Waals surface area contributed by atoms with E-state index in [9.17, 15) is 4.79 Å². The molecule has 1 aromatic heterocycles. The molecule has 130 valence electrons. The van der Waals surface area contributed by atoms with Gasteiger partial charge in [0.05, 0.1) is 6.61 Å². The molecule has 0 radical (unpaired) electrons. The summed E-state index contributed by atoms with van der Waals surface area (Å²) in [7, 11) is 0. The maximum Gasteiger partial charge on any atom is 0.243 e. The molecular formula is C18H17ClN2O4. The molecule has 1 heterocycles. The smallest absolute Gasteiger partial charge is 0.243 e. The van der Waals surface area contributed by atoms with Crippen LogP contribution in [0.5, 0.6) is 5.75 Å². The molecule has 1 amide bonds. The molecule has 0 saturated carbocycles. The minimum atomic E-state index is -0.385. The summed E-state index contributed by atoms with van der Waals surface area (Å²) in [5.74, 6) is 0.873. The van der Waals surface area contributed by atoms with E-state index in [4.69, 9.17) is 26.0 Å². The van der Waals surface area contributed by atoms with Crippen LogP contribution in [-0.2, 0) is 4.79 Å². The number of carbonyl (C=O) groups is 1. The number of hydrogen-bond acceptors (Lipinski definition) is 5. The van der Waals surface area contributed by atoms with E-state index in [2.05, 4.69) is 4.98 Å². The fourth-order valence-electron chi connectivity index (χ4n) is 2.35. The molecule has 6 nitrogen and oxygen atoms in total. The van der Waals surface area contributed by atoms with Crippen molar-refractivity contribution >= 4 is 28.6 Å². The van der Waals surface area contributed by atoms with E-state index < -0.39 is 0 Å². The first-order valence-electron chi connectivity index (χ1n) is 7.88. The summed E-state index contributed by atoms with van der Waals surface area (Å²) in [6, 6.07) is 12.8. The first kappa shape index (κ1) is 17.3. The number of oxazole rings is 1. The molecule has 3 rings (SSSR count). The third-order valence-corrected chi connectivity index (χ3v) is 3.88. The van der Waals surface area contributed by atoms with Crippen molar-refractivity contribution in [1.82, 2.24) is 10.5 Å². The summed E-state index contributed by atoms with van der Waals surface area (Å²) in [6.45, 7) is 0.499. The standard InChI is InChI=1S/C18H17ClN2O4/c19-13-6-9-16-15(11-13)20-18(25-16)12-4-7-14(8-5-12)24-10-2-1-3-17(22)21-23/h4-9,11,23H,1-3,10H2,(H,21,22). The molecule has 0 bridgehead atoms. The average molecular weight is 361 g/mol. The molecule has 7 heteroatoms. The van der Waals surface area contributed by atoms with Crippen LogP contribution in [0.1, 0.15) is 19.3 Å². The molecule has 0 atom stereocenters. The summed E-state index contributed by atoms with van der Waals surface area (Å²) in [4.78, 5) is 15.3. The highest BCUT2D eigenvalue weighted by Gasteiger charge is 2.09. The van der Waals surface area contributed by atoms with Crippen LogP contribution in [0.3, 0.4) is 0 Å². The number of ether oxygens (including phenoxy) is 1. The number of aromatic nitrogens is 1. The molecule has 0 saturated heterocycles. The highest BCUT2D eigenvalue weighted by Crippen LogP contribution is 2.27. The highest BCUT2D eigenvalue weighted by atomic mass is 35.5. The number of carbonyl (C=O) groups excluding carboxylic acids is 1. The van der Waals surface area contributed by atoms with Crippen LogP contribution in [-0.4, -0.2) is 22.7 Å². The molecule has 3 aromatic rings. The fraction of sp³-hybridized carbons (Fsp3) is 0.222. The topological polar surface area (TPSA) is 84.6 Å². The first-order valence-corrected chi connectivity index (χ1v) is 8.26. The van der Waals surface area contributed by atoms with Crippen LogP contribution in [0, 0.1) is 0 Å². The van der Waals surface area contributed by atoms with Gasteiger partial charge in [-0.05, 0) is 55.3 Å². The Kier molecular flexibility index (Phi) is 5.53. The van der Waals surface area contributed by atoms with Crippen molar-refractivity contribution in [3.63, 3.8) is 0 Å². The molecule has 0 aliphatic rings. The van der Waals surface area contributed by atoms with Crippen molar-refractivity contribution in [2.75, 3.05) is 6.61 Å². The largest absolute Gasteiger partial charge is 0.494 e. The van der Waals surface area contributed by atoms with Crippen LogP contribution in [0.25, 0.3) is 22.6 Å². The molecule has 0 spiro atoms. The Morgan fingerprint density at radius 3 is 2.76 bits per heavy atom. The fourth-order valence-corrected chi connectivity index (χ4v) is 2.52. The number of halogens is 1. The molecule has 0 unspecified atom stereocenters. The number of nitrogens with one attached hydrogen (secondary N) is 1. The summed E-state index contributed by atoms with van der Waals surface area (Å²) >= 11 is 5.96. The number of rotatable bonds is 7. The lowest BCUT2D eigenvalue weighted by atomic mass is 10.2. The summed E-state index contributed by atoms with van der Waals surface area (Å²) in [6.07, 6.45) is 1.65. The zero-order valence-electron chi connectivity index (χ0n) is 13.4. The predicted octanol–water partition coefficient (Wildman–Crippen LogP) is 4.20. The SMILES string of the molecule is O=C(CCCCOc1ccc(-c2nc3cc(Cl)ccc3o2)cc1)NO. The van der Waals surface area contributed by atoms with Crippen molar-refractivity contribution in [1.29, 1.82) is 0 Å². The Hall–Kier alpha value is -2.57. The minimum absolute atomic E-state index is 0.278. The van der Waals surface area contributed by atoms with E-state index in [0.29, 0.717) is 29.5 Å². The average Bonchev–Trinajstić information content (AvgIpc) is 3.04. The van der Waals surface area contributed by atoms with E-state index in [0.717, 1.165) is 23.3 Å². The number of benzene rings is 2. The molecule has 2 N–H and O–H groups in total. The third kappa shape index (κ3) is 4.49. The number of hydrogen-bond donors (Lipinski definition) is 2. The van der Waals surface area contributed by atoms with E-state index in [1.807, 2.05) is 24.3 Å². The quantitative estimate of drug-likeness (QED) is 0.374. The molecule has 0 fully saturated rings. The van der Waals surface area contributed by atoms with Gasteiger partial charge in [0, 0.05) is 17.0 Å². The first-order chi connectivity index (χ1) is 12.2. The lowest BCUT2D eigenvalue weighted by Gasteiger charge is -2.06. The second kappa shape index (κ2) is 8.00. The lowest BCUT2D eigenvalue weighted by molar-refractivity contribution is -0.129. The number of hydroxylamine groups is 1. The Morgan fingerprint density at radius 2 is 2.00 bits per heavy atom. The number of unbranched alkanes of at least 4 members (excludes halogenated alkanes) is 1. The second-order valence-corrected chi connectivity index (χ2v) is 5.93. The van der Waals surface area contributed by atoms with E-state index in [-0.39, 0.29) is 12.3 Å². The zero-order chi connectivity index (χ0) is 17.6. The van der Waals surface area contributed by atoms with Gasteiger partial charge in [-0.2, -0.15) is 0 Å². The van der Waals surface area contributed by atoms with Crippen molar-refractivity contribution in [2.45, 2.75) is 19.3 Å². The van der Waals surface area contributed by atoms with Crippen molar-refractivity contribution < 1.29 is 19.2 Å². The Morgan fingerprint density at radius 1 is 1.20 bits per heavy atom. The van der Waals surface area contributed by atoms with Gasteiger partial charge >= 0.3 is 0 Å².